The van der Waals surface area contributed by atoms with Crippen LogP contribution in [0.15, 0.2) is 0 Å². The molecule has 0 aromatic carbocycles. The first-order chi connectivity index (χ1) is 8.20. The zero-order valence-corrected chi connectivity index (χ0v) is 10.3. The highest BCUT2D eigenvalue weighted by atomic mass is 16.5. The van der Waals surface area contributed by atoms with Crippen LogP contribution in [0.3, 0.4) is 0 Å². The molecule has 2 aliphatic rings. The third kappa shape index (κ3) is 2.97. The van der Waals surface area contributed by atoms with E-state index < -0.39 is 0 Å². The highest BCUT2D eigenvalue weighted by Crippen LogP contribution is 2.20. The summed E-state index contributed by atoms with van der Waals surface area (Å²) in [5.41, 5.74) is 0. The Hall–Kier alpha value is -1.10. The summed E-state index contributed by atoms with van der Waals surface area (Å²) in [4.78, 5) is 25.2. The molecule has 0 radical (unpaired) electrons. The van der Waals surface area contributed by atoms with Crippen molar-refractivity contribution in [3.63, 3.8) is 0 Å². The van der Waals surface area contributed by atoms with Crippen LogP contribution in [0.2, 0.25) is 0 Å². The first kappa shape index (κ1) is 12.4. The molecule has 2 saturated heterocycles. The summed E-state index contributed by atoms with van der Waals surface area (Å²) in [6, 6.07) is 0. The topological polar surface area (TPSA) is 58.6 Å². The van der Waals surface area contributed by atoms with Crippen LogP contribution >= 0.6 is 0 Å². The molecule has 0 bridgehead atoms. The van der Waals surface area contributed by atoms with Crippen LogP contribution in [-0.2, 0) is 14.3 Å². The lowest BCUT2D eigenvalue weighted by molar-refractivity contribution is -0.149. The summed E-state index contributed by atoms with van der Waals surface area (Å²) in [7, 11) is 1.42. The molecule has 0 unspecified atom stereocenters. The molecule has 0 aromatic heterocycles. The minimum absolute atomic E-state index is 0.0191. The quantitative estimate of drug-likeness (QED) is 0.706. The number of carbonyl (C=O) groups is 2. The van der Waals surface area contributed by atoms with Crippen molar-refractivity contribution < 1.29 is 14.3 Å². The summed E-state index contributed by atoms with van der Waals surface area (Å²) < 4.78 is 4.73. The molecule has 1 amide bonds. The van der Waals surface area contributed by atoms with Crippen LogP contribution < -0.4 is 5.32 Å². The lowest BCUT2D eigenvalue weighted by Crippen LogP contribution is -2.47. The van der Waals surface area contributed by atoms with Crippen LogP contribution in [-0.4, -0.2) is 50.1 Å². The number of nitrogens with zero attached hydrogens (tertiary/aromatic N) is 1. The number of hydrogen-bond donors (Lipinski definition) is 1. The van der Waals surface area contributed by atoms with Gasteiger partial charge in [-0.15, -0.1) is 0 Å². The molecule has 96 valence electrons. The largest absolute Gasteiger partial charge is 0.469 e. The maximum Gasteiger partial charge on any atom is 0.308 e. The van der Waals surface area contributed by atoms with E-state index in [9.17, 15) is 9.59 Å². The number of amides is 1. The molecule has 2 aliphatic heterocycles. The summed E-state index contributed by atoms with van der Waals surface area (Å²) >= 11 is 0. The minimum Gasteiger partial charge on any atom is -0.469 e. The number of carbonyl (C=O) groups excluding carboxylic acids is 2. The molecule has 0 aliphatic carbocycles. The van der Waals surface area contributed by atoms with E-state index in [1.54, 1.807) is 0 Å². The van der Waals surface area contributed by atoms with Crippen LogP contribution in [0, 0.1) is 11.8 Å². The van der Waals surface area contributed by atoms with Gasteiger partial charge < -0.3 is 15.0 Å². The van der Waals surface area contributed by atoms with Crippen molar-refractivity contribution in [2.45, 2.75) is 19.3 Å². The average Bonchev–Trinajstić information content (AvgIpc) is 2.32. The van der Waals surface area contributed by atoms with Crippen molar-refractivity contribution in [3.05, 3.63) is 0 Å². The SMILES string of the molecule is COC(=O)C1CCN(C(=O)CC2CNC2)CC1. The smallest absolute Gasteiger partial charge is 0.308 e. The van der Waals surface area contributed by atoms with Crippen LogP contribution in [0.1, 0.15) is 19.3 Å². The summed E-state index contributed by atoms with van der Waals surface area (Å²) in [5.74, 6) is 0.593. The first-order valence-electron chi connectivity index (χ1n) is 6.27. The molecule has 2 fully saturated rings. The minimum atomic E-state index is -0.139. The van der Waals surface area contributed by atoms with Crippen LogP contribution in [0.5, 0.6) is 0 Å². The summed E-state index contributed by atoms with van der Waals surface area (Å²) in [5, 5.41) is 3.17. The molecule has 2 rings (SSSR count). The maximum atomic E-state index is 11.9. The van der Waals surface area contributed by atoms with Gasteiger partial charge in [0.15, 0.2) is 0 Å². The number of piperidine rings is 1. The van der Waals surface area contributed by atoms with Crippen molar-refractivity contribution in [1.29, 1.82) is 0 Å². The van der Waals surface area contributed by atoms with Gasteiger partial charge in [-0.3, -0.25) is 9.59 Å². The van der Waals surface area contributed by atoms with E-state index in [0.717, 1.165) is 25.9 Å². The predicted octanol–water partition coefficient (Wildman–Crippen LogP) is 0.00750. The number of esters is 1. The monoisotopic (exact) mass is 240 g/mol. The third-order valence-electron chi connectivity index (χ3n) is 3.71. The summed E-state index contributed by atoms with van der Waals surface area (Å²) in [6.07, 6.45) is 2.12. The van der Waals surface area contributed by atoms with Gasteiger partial charge in [-0.25, -0.2) is 0 Å². The highest BCUT2D eigenvalue weighted by molar-refractivity contribution is 5.77. The average molecular weight is 240 g/mol. The zero-order chi connectivity index (χ0) is 12.3. The van der Waals surface area contributed by atoms with E-state index in [1.165, 1.54) is 7.11 Å². The van der Waals surface area contributed by atoms with Crippen molar-refractivity contribution in [3.8, 4) is 0 Å². The number of rotatable bonds is 3. The molecule has 2 heterocycles. The second kappa shape index (κ2) is 5.49. The van der Waals surface area contributed by atoms with Gasteiger partial charge in [0.1, 0.15) is 0 Å². The standard InChI is InChI=1S/C12H20N2O3/c1-17-12(16)10-2-4-14(5-3-10)11(15)6-9-7-13-8-9/h9-10,13H,2-8H2,1H3. The van der Waals surface area contributed by atoms with E-state index in [0.29, 0.717) is 25.4 Å². The number of ether oxygens (including phenoxy) is 1. The lowest BCUT2D eigenvalue weighted by atomic mass is 9.94. The van der Waals surface area contributed by atoms with Crippen molar-refractivity contribution in [2.24, 2.45) is 11.8 Å². The van der Waals surface area contributed by atoms with E-state index in [1.807, 2.05) is 4.90 Å². The molecule has 17 heavy (non-hydrogen) atoms. The Kier molecular flexibility index (Phi) is 3.99. The fourth-order valence-electron chi connectivity index (χ4n) is 2.40. The Morgan fingerprint density at radius 1 is 1.29 bits per heavy atom. The van der Waals surface area contributed by atoms with Crippen molar-refractivity contribution in [2.75, 3.05) is 33.3 Å². The molecule has 0 atom stereocenters. The van der Waals surface area contributed by atoms with Crippen LogP contribution in [0.4, 0.5) is 0 Å². The molecular formula is C12H20N2O3. The van der Waals surface area contributed by atoms with E-state index >= 15 is 0 Å². The molecule has 1 N–H and O–H groups in total. The Morgan fingerprint density at radius 2 is 1.94 bits per heavy atom. The number of methoxy groups -OCH3 is 1. The second-order valence-corrected chi connectivity index (χ2v) is 4.91. The molecule has 0 saturated carbocycles. The maximum absolute atomic E-state index is 11.9. The number of hydrogen-bond acceptors (Lipinski definition) is 4. The van der Waals surface area contributed by atoms with Gasteiger partial charge in [0, 0.05) is 19.5 Å². The Balaban J connectivity index is 1.74. The fraction of sp³-hybridized carbons (Fsp3) is 0.833. The van der Waals surface area contributed by atoms with Gasteiger partial charge in [-0.2, -0.15) is 0 Å². The molecular weight excluding hydrogens is 220 g/mol. The Bertz CT molecular complexity index is 294. The molecule has 5 heteroatoms. The normalized spacial score (nSPS) is 22.1. The van der Waals surface area contributed by atoms with E-state index in [4.69, 9.17) is 4.74 Å². The zero-order valence-electron chi connectivity index (χ0n) is 10.3. The molecule has 5 nitrogen and oxygen atoms in total. The second-order valence-electron chi connectivity index (χ2n) is 4.91. The Labute approximate surface area is 101 Å². The van der Waals surface area contributed by atoms with Gasteiger partial charge in [0.25, 0.3) is 0 Å². The molecule has 0 aromatic rings. The summed E-state index contributed by atoms with van der Waals surface area (Å²) in [6.45, 7) is 3.31. The van der Waals surface area contributed by atoms with Crippen molar-refractivity contribution >= 4 is 11.9 Å². The van der Waals surface area contributed by atoms with Gasteiger partial charge >= 0.3 is 5.97 Å². The van der Waals surface area contributed by atoms with Gasteiger partial charge in [0.05, 0.1) is 13.0 Å². The van der Waals surface area contributed by atoms with Crippen molar-refractivity contribution in [1.82, 2.24) is 10.2 Å². The highest BCUT2D eigenvalue weighted by Gasteiger charge is 2.29. The predicted molar refractivity (Wildman–Crippen MR) is 62.3 cm³/mol. The van der Waals surface area contributed by atoms with Gasteiger partial charge in [-0.1, -0.05) is 0 Å². The fourth-order valence-corrected chi connectivity index (χ4v) is 2.40. The first-order valence-corrected chi connectivity index (χ1v) is 6.27. The number of likely N-dealkylation sites (tertiary alicyclic amines) is 1. The third-order valence-corrected chi connectivity index (χ3v) is 3.71. The van der Waals surface area contributed by atoms with Gasteiger partial charge in [-0.05, 0) is 31.8 Å². The van der Waals surface area contributed by atoms with E-state index in [2.05, 4.69) is 5.32 Å². The molecule has 0 spiro atoms. The van der Waals surface area contributed by atoms with Gasteiger partial charge in [0.2, 0.25) is 5.91 Å². The van der Waals surface area contributed by atoms with Crippen LogP contribution in [0.25, 0.3) is 0 Å². The number of nitrogens with one attached hydrogen (secondary N) is 1. The lowest BCUT2D eigenvalue weighted by Gasteiger charge is -2.33. The Morgan fingerprint density at radius 3 is 2.41 bits per heavy atom. The van der Waals surface area contributed by atoms with E-state index in [-0.39, 0.29) is 17.8 Å².